The third-order valence-electron chi connectivity index (χ3n) is 5.58. The number of nitrogen functional groups attached to an aromatic ring is 1. The van der Waals surface area contributed by atoms with Crippen LogP contribution in [0.3, 0.4) is 0 Å². The number of ether oxygens (including phenoxy) is 1. The number of aromatic nitrogens is 4. The number of carbonyl (C=O) groups excluding carboxylic acids is 1. The molecule has 4 heterocycles. The molecule has 0 spiro atoms. The second kappa shape index (κ2) is 9.50. The summed E-state index contributed by atoms with van der Waals surface area (Å²) in [6.07, 6.45) is 3.91. The second-order valence-electron chi connectivity index (χ2n) is 7.86. The summed E-state index contributed by atoms with van der Waals surface area (Å²) >= 11 is 2.84. The fraction of sp³-hybridized carbons (Fsp3) is 0.304. The van der Waals surface area contributed by atoms with Gasteiger partial charge in [-0.2, -0.15) is 0 Å². The summed E-state index contributed by atoms with van der Waals surface area (Å²) in [5.41, 5.74) is 9.15. The molecule has 4 aromatic rings. The molecule has 3 N–H and O–H groups in total. The van der Waals surface area contributed by atoms with Crippen molar-refractivity contribution in [1.82, 2.24) is 25.1 Å². The van der Waals surface area contributed by atoms with Crippen LogP contribution in [0.5, 0.6) is 0 Å². The number of hydrogen-bond donors (Lipinski definition) is 2. The van der Waals surface area contributed by atoms with Crippen LogP contribution in [-0.4, -0.2) is 50.7 Å². The predicted molar refractivity (Wildman–Crippen MR) is 132 cm³/mol. The van der Waals surface area contributed by atoms with Crippen molar-refractivity contribution in [1.29, 1.82) is 0 Å². The number of amides is 1. The Hall–Kier alpha value is -2.95. The molecular weight excluding hydrogens is 456 g/mol. The highest BCUT2D eigenvalue weighted by atomic mass is 32.2. The van der Waals surface area contributed by atoms with Crippen molar-refractivity contribution in [3.63, 3.8) is 0 Å². The van der Waals surface area contributed by atoms with Gasteiger partial charge in [0.15, 0.2) is 11.0 Å². The number of nitrogens with zero attached hydrogens (tertiary/aromatic N) is 4. The van der Waals surface area contributed by atoms with Gasteiger partial charge in [0.1, 0.15) is 4.83 Å². The first kappa shape index (κ1) is 21.9. The van der Waals surface area contributed by atoms with Crippen LogP contribution in [0.1, 0.15) is 18.4 Å². The maximum absolute atomic E-state index is 12.5. The summed E-state index contributed by atoms with van der Waals surface area (Å²) < 4.78 is 7.56. The SMILES string of the molecule is Cc1ccccc1-n1c(SCC(=O)NC[C@H]2CCCO2)nnc1-c1sc2ncccc2c1N. The number of thiophene rings is 1. The lowest BCUT2D eigenvalue weighted by Gasteiger charge is -2.13. The molecule has 0 saturated carbocycles. The van der Waals surface area contributed by atoms with Crippen LogP contribution in [-0.2, 0) is 9.53 Å². The minimum absolute atomic E-state index is 0.0537. The van der Waals surface area contributed by atoms with Crippen molar-refractivity contribution in [2.45, 2.75) is 31.0 Å². The number of nitrogens with two attached hydrogens (primary N) is 1. The van der Waals surface area contributed by atoms with E-state index in [0.29, 0.717) is 23.2 Å². The average molecular weight is 481 g/mol. The van der Waals surface area contributed by atoms with Gasteiger partial charge in [-0.3, -0.25) is 9.36 Å². The van der Waals surface area contributed by atoms with E-state index in [9.17, 15) is 4.79 Å². The fourth-order valence-corrected chi connectivity index (χ4v) is 5.69. The molecule has 1 aliphatic heterocycles. The van der Waals surface area contributed by atoms with Gasteiger partial charge in [0.25, 0.3) is 0 Å². The lowest BCUT2D eigenvalue weighted by atomic mass is 10.2. The van der Waals surface area contributed by atoms with Gasteiger partial charge in [-0.25, -0.2) is 4.98 Å². The molecule has 0 aliphatic carbocycles. The topological polar surface area (TPSA) is 108 Å². The Morgan fingerprint density at radius 3 is 2.97 bits per heavy atom. The quantitative estimate of drug-likeness (QED) is 0.387. The number of benzene rings is 1. The van der Waals surface area contributed by atoms with E-state index in [1.165, 1.54) is 23.1 Å². The largest absolute Gasteiger partial charge is 0.397 e. The molecule has 170 valence electrons. The van der Waals surface area contributed by atoms with E-state index in [1.807, 2.05) is 47.9 Å². The average Bonchev–Trinajstić information content (AvgIpc) is 3.56. The monoisotopic (exact) mass is 480 g/mol. The van der Waals surface area contributed by atoms with Crippen LogP contribution in [0.15, 0.2) is 47.8 Å². The molecule has 8 nitrogen and oxygen atoms in total. The van der Waals surface area contributed by atoms with Crippen LogP contribution < -0.4 is 11.1 Å². The Balaban J connectivity index is 1.46. The highest BCUT2D eigenvalue weighted by Gasteiger charge is 2.23. The minimum Gasteiger partial charge on any atom is -0.397 e. The number of pyridine rings is 1. The number of anilines is 1. The number of aryl methyl sites for hydroxylation is 1. The van der Waals surface area contributed by atoms with Crippen LogP contribution in [0.4, 0.5) is 5.69 Å². The lowest BCUT2D eigenvalue weighted by molar-refractivity contribution is -0.119. The summed E-state index contributed by atoms with van der Waals surface area (Å²) in [7, 11) is 0. The Morgan fingerprint density at radius 1 is 1.30 bits per heavy atom. The Morgan fingerprint density at radius 2 is 2.18 bits per heavy atom. The van der Waals surface area contributed by atoms with Gasteiger partial charge >= 0.3 is 0 Å². The van der Waals surface area contributed by atoms with Gasteiger partial charge in [0.2, 0.25) is 5.91 Å². The van der Waals surface area contributed by atoms with Crippen LogP contribution in [0.2, 0.25) is 0 Å². The van der Waals surface area contributed by atoms with Gasteiger partial charge in [0, 0.05) is 24.7 Å². The first-order chi connectivity index (χ1) is 16.1. The zero-order chi connectivity index (χ0) is 22.8. The maximum Gasteiger partial charge on any atom is 0.230 e. The highest BCUT2D eigenvalue weighted by molar-refractivity contribution is 7.99. The van der Waals surface area contributed by atoms with Gasteiger partial charge in [-0.15, -0.1) is 21.5 Å². The van der Waals surface area contributed by atoms with Gasteiger partial charge in [0.05, 0.1) is 28.1 Å². The van der Waals surface area contributed by atoms with E-state index in [0.717, 1.165) is 45.8 Å². The van der Waals surface area contributed by atoms with E-state index < -0.39 is 0 Å². The van der Waals surface area contributed by atoms with E-state index in [4.69, 9.17) is 10.5 Å². The van der Waals surface area contributed by atoms with E-state index in [-0.39, 0.29) is 17.8 Å². The smallest absolute Gasteiger partial charge is 0.230 e. The molecule has 1 saturated heterocycles. The van der Waals surface area contributed by atoms with Gasteiger partial charge in [-0.05, 0) is 43.5 Å². The molecular formula is C23H24N6O2S2. The van der Waals surface area contributed by atoms with Crippen LogP contribution >= 0.6 is 23.1 Å². The third-order valence-corrected chi connectivity index (χ3v) is 7.63. The molecule has 10 heteroatoms. The number of thioether (sulfide) groups is 1. The zero-order valence-electron chi connectivity index (χ0n) is 18.2. The lowest BCUT2D eigenvalue weighted by Crippen LogP contribution is -2.32. The van der Waals surface area contributed by atoms with E-state index in [1.54, 1.807) is 6.20 Å². The molecule has 0 bridgehead atoms. The molecule has 1 aromatic carbocycles. The molecule has 5 rings (SSSR count). The van der Waals surface area contributed by atoms with Gasteiger partial charge < -0.3 is 15.8 Å². The van der Waals surface area contributed by atoms with Crippen molar-refractivity contribution in [2.75, 3.05) is 24.6 Å². The maximum atomic E-state index is 12.5. The minimum atomic E-state index is -0.0537. The fourth-order valence-electron chi connectivity index (χ4n) is 3.87. The first-order valence-corrected chi connectivity index (χ1v) is 12.6. The summed E-state index contributed by atoms with van der Waals surface area (Å²) in [5, 5.41) is 13.4. The number of para-hydroxylation sites is 1. The third kappa shape index (κ3) is 4.46. The summed E-state index contributed by atoms with van der Waals surface area (Å²) in [6.45, 7) is 3.35. The van der Waals surface area contributed by atoms with Crippen LogP contribution in [0.25, 0.3) is 26.6 Å². The molecule has 33 heavy (non-hydrogen) atoms. The number of hydrogen-bond acceptors (Lipinski definition) is 8. The number of carbonyl (C=O) groups is 1. The summed E-state index contributed by atoms with van der Waals surface area (Å²) in [5.74, 6) is 0.828. The van der Waals surface area contributed by atoms with Crippen molar-refractivity contribution < 1.29 is 9.53 Å². The van der Waals surface area contributed by atoms with Crippen molar-refractivity contribution >= 4 is 44.9 Å². The number of nitrogens with one attached hydrogen (secondary N) is 1. The van der Waals surface area contributed by atoms with Crippen molar-refractivity contribution in [3.05, 3.63) is 48.2 Å². The molecule has 1 atom stereocenters. The van der Waals surface area contributed by atoms with Crippen molar-refractivity contribution in [3.8, 4) is 16.4 Å². The molecule has 1 amide bonds. The molecule has 1 fully saturated rings. The van der Waals surface area contributed by atoms with Gasteiger partial charge in [-0.1, -0.05) is 30.0 Å². The normalized spacial score (nSPS) is 15.8. The zero-order valence-corrected chi connectivity index (χ0v) is 19.8. The molecule has 3 aromatic heterocycles. The number of fused-ring (bicyclic) bond motifs is 1. The molecule has 1 aliphatic rings. The molecule has 0 radical (unpaired) electrons. The predicted octanol–water partition coefficient (Wildman–Crippen LogP) is 3.82. The Labute approximate surface area is 199 Å². The first-order valence-electron chi connectivity index (χ1n) is 10.8. The summed E-state index contributed by atoms with van der Waals surface area (Å²) in [4.78, 5) is 18.6. The van der Waals surface area contributed by atoms with E-state index >= 15 is 0 Å². The number of rotatable bonds is 7. The standard InChI is InChI=1S/C23H24N6O2S2/c1-14-6-2-3-9-17(14)29-21(20-19(24)16-8-4-10-25-22(16)33-20)27-28-23(29)32-13-18(30)26-12-15-7-5-11-31-15/h2-4,6,8-10,15H,5,7,11-13,24H2,1H3,(H,26,30)/t15-/m1/s1. The summed E-state index contributed by atoms with van der Waals surface area (Å²) in [6, 6.07) is 11.9. The van der Waals surface area contributed by atoms with Crippen molar-refractivity contribution in [2.24, 2.45) is 0 Å². The Bertz CT molecular complexity index is 1300. The van der Waals surface area contributed by atoms with E-state index in [2.05, 4.69) is 20.5 Å². The molecule has 0 unspecified atom stereocenters. The Kier molecular flexibility index (Phi) is 6.30. The van der Waals surface area contributed by atoms with Crippen LogP contribution in [0, 0.1) is 6.92 Å². The highest BCUT2D eigenvalue weighted by Crippen LogP contribution is 2.41. The second-order valence-corrected chi connectivity index (χ2v) is 9.80.